The number of carbonyl (C=O) groups is 2. The van der Waals surface area contributed by atoms with Gasteiger partial charge in [-0.3, -0.25) is 10.1 Å². The van der Waals surface area contributed by atoms with Crippen LogP contribution in [0.2, 0.25) is 0 Å². The fourth-order valence-corrected chi connectivity index (χ4v) is 2.70. The van der Waals surface area contributed by atoms with Crippen molar-refractivity contribution in [3.63, 3.8) is 0 Å². The third kappa shape index (κ3) is 5.01. The van der Waals surface area contributed by atoms with E-state index in [1.807, 2.05) is 60.7 Å². The Labute approximate surface area is 163 Å². The van der Waals surface area contributed by atoms with Crippen molar-refractivity contribution in [3.05, 3.63) is 72.3 Å². The third-order valence-corrected chi connectivity index (χ3v) is 4.23. The van der Waals surface area contributed by atoms with Gasteiger partial charge in [-0.05, 0) is 47.5 Å². The van der Waals surface area contributed by atoms with Gasteiger partial charge in [0.2, 0.25) is 0 Å². The van der Waals surface area contributed by atoms with E-state index in [1.54, 1.807) is 20.1 Å². The third-order valence-electron chi connectivity index (χ3n) is 4.23. The molecule has 0 aliphatic carbocycles. The summed E-state index contributed by atoms with van der Waals surface area (Å²) in [7, 11) is 1.61. The summed E-state index contributed by atoms with van der Waals surface area (Å²) in [6, 6.07) is 20.1. The second kappa shape index (κ2) is 8.90. The van der Waals surface area contributed by atoms with Gasteiger partial charge < -0.3 is 14.8 Å². The fraction of sp³-hybridized carbons (Fsp3) is 0.182. The second-order valence-electron chi connectivity index (χ2n) is 6.29. The summed E-state index contributed by atoms with van der Waals surface area (Å²) in [6.45, 7) is 1.93. The smallest absolute Gasteiger partial charge is 0.321 e. The lowest BCUT2D eigenvalue weighted by Crippen LogP contribution is -2.44. The number of hydrogen-bond donors (Lipinski definition) is 2. The van der Waals surface area contributed by atoms with E-state index >= 15 is 0 Å². The molecule has 0 radical (unpaired) electrons. The van der Waals surface area contributed by atoms with Crippen LogP contribution in [-0.4, -0.2) is 25.2 Å². The maximum Gasteiger partial charge on any atom is 0.321 e. The van der Waals surface area contributed by atoms with E-state index in [9.17, 15) is 9.59 Å². The predicted octanol–water partition coefficient (Wildman–Crippen LogP) is 3.64. The van der Waals surface area contributed by atoms with Crippen LogP contribution in [0.25, 0.3) is 10.8 Å². The molecule has 3 aromatic carbocycles. The molecule has 0 saturated heterocycles. The minimum atomic E-state index is -0.828. The number of hydrogen-bond acceptors (Lipinski definition) is 4. The van der Waals surface area contributed by atoms with E-state index in [4.69, 9.17) is 9.47 Å². The van der Waals surface area contributed by atoms with Gasteiger partial charge in [-0.1, -0.05) is 42.5 Å². The van der Waals surface area contributed by atoms with E-state index in [0.29, 0.717) is 12.3 Å². The van der Waals surface area contributed by atoms with Crippen molar-refractivity contribution in [3.8, 4) is 11.5 Å². The summed E-state index contributed by atoms with van der Waals surface area (Å²) in [6.07, 6.45) is -0.828. The molecule has 6 heteroatoms. The summed E-state index contributed by atoms with van der Waals surface area (Å²) in [5.41, 5.74) is 0.945. The Kier molecular flexibility index (Phi) is 6.11. The van der Waals surface area contributed by atoms with Gasteiger partial charge in [-0.25, -0.2) is 4.79 Å². The molecule has 144 valence electrons. The van der Waals surface area contributed by atoms with Gasteiger partial charge in [0, 0.05) is 6.54 Å². The number of imide groups is 1. The van der Waals surface area contributed by atoms with Crippen LogP contribution in [0, 0.1) is 0 Å². The SMILES string of the molecule is COc1ccc2ccc(O[C@H](C)C(=O)NC(=O)NCc3ccccc3)cc2c1. The first-order valence-electron chi connectivity index (χ1n) is 8.92. The molecule has 0 saturated carbocycles. The number of fused-ring (bicyclic) bond motifs is 1. The summed E-state index contributed by atoms with van der Waals surface area (Å²) < 4.78 is 10.9. The number of amides is 3. The van der Waals surface area contributed by atoms with Crippen molar-refractivity contribution in [1.29, 1.82) is 0 Å². The molecular weight excluding hydrogens is 356 g/mol. The van der Waals surface area contributed by atoms with Crippen molar-refractivity contribution in [1.82, 2.24) is 10.6 Å². The highest BCUT2D eigenvalue weighted by Crippen LogP contribution is 2.25. The molecular formula is C22H22N2O4. The van der Waals surface area contributed by atoms with Gasteiger partial charge in [0.1, 0.15) is 11.5 Å². The van der Waals surface area contributed by atoms with Crippen LogP contribution in [0.5, 0.6) is 11.5 Å². The lowest BCUT2D eigenvalue weighted by atomic mass is 10.1. The Morgan fingerprint density at radius 3 is 2.32 bits per heavy atom. The standard InChI is InChI=1S/C22H22N2O4/c1-15(21(25)24-22(26)23-14-16-6-4-3-5-7-16)28-20-11-9-17-8-10-19(27-2)12-18(17)13-20/h3-13,15H,14H2,1-2H3,(H2,23,24,25,26)/t15-/m1/s1. The molecule has 0 unspecified atom stereocenters. The topological polar surface area (TPSA) is 76.7 Å². The monoisotopic (exact) mass is 378 g/mol. The van der Waals surface area contributed by atoms with Crippen molar-refractivity contribution >= 4 is 22.7 Å². The first kappa shape index (κ1) is 19.2. The van der Waals surface area contributed by atoms with Crippen molar-refractivity contribution in [2.75, 3.05) is 7.11 Å². The Balaban J connectivity index is 1.56. The fourth-order valence-electron chi connectivity index (χ4n) is 2.70. The van der Waals surface area contributed by atoms with E-state index < -0.39 is 18.0 Å². The first-order valence-corrected chi connectivity index (χ1v) is 8.92. The van der Waals surface area contributed by atoms with Gasteiger partial charge in [-0.15, -0.1) is 0 Å². The Morgan fingerprint density at radius 1 is 0.929 bits per heavy atom. The minimum absolute atomic E-state index is 0.335. The summed E-state index contributed by atoms with van der Waals surface area (Å²) in [5, 5.41) is 6.90. The van der Waals surface area contributed by atoms with Gasteiger partial charge in [-0.2, -0.15) is 0 Å². The Morgan fingerprint density at radius 2 is 1.61 bits per heavy atom. The number of methoxy groups -OCH3 is 1. The molecule has 6 nitrogen and oxygen atoms in total. The van der Waals surface area contributed by atoms with Gasteiger partial charge in [0.15, 0.2) is 6.10 Å². The quantitative estimate of drug-likeness (QED) is 0.687. The maximum absolute atomic E-state index is 12.2. The molecule has 0 spiro atoms. The van der Waals surface area contributed by atoms with Crippen LogP contribution < -0.4 is 20.1 Å². The summed E-state index contributed by atoms with van der Waals surface area (Å²) in [4.78, 5) is 24.1. The molecule has 0 fully saturated rings. The zero-order valence-corrected chi connectivity index (χ0v) is 15.8. The molecule has 3 aromatic rings. The normalized spacial score (nSPS) is 11.5. The van der Waals surface area contributed by atoms with Crippen LogP contribution in [0.1, 0.15) is 12.5 Å². The van der Waals surface area contributed by atoms with Crippen LogP contribution in [-0.2, 0) is 11.3 Å². The molecule has 3 amide bonds. The predicted molar refractivity (Wildman–Crippen MR) is 107 cm³/mol. The number of benzene rings is 3. The molecule has 3 rings (SSSR count). The number of ether oxygens (including phenoxy) is 2. The Hall–Kier alpha value is -3.54. The van der Waals surface area contributed by atoms with Crippen LogP contribution in [0.3, 0.4) is 0 Å². The lowest BCUT2D eigenvalue weighted by molar-refractivity contribution is -0.126. The molecule has 0 bridgehead atoms. The van der Waals surface area contributed by atoms with E-state index in [1.165, 1.54) is 0 Å². The highest BCUT2D eigenvalue weighted by molar-refractivity contribution is 5.96. The largest absolute Gasteiger partial charge is 0.497 e. The van der Waals surface area contributed by atoms with Crippen molar-refractivity contribution in [2.24, 2.45) is 0 Å². The first-order chi connectivity index (χ1) is 13.5. The van der Waals surface area contributed by atoms with Gasteiger partial charge in [0.25, 0.3) is 5.91 Å². The average Bonchev–Trinajstić information content (AvgIpc) is 2.72. The molecule has 2 N–H and O–H groups in total. The zero-order chi connectivity index (χ0) is 19.9. The second-order valence-corrected chi connectivity index (χ2v) is 6.29. The Bertz CT molecular complexity index is 973. The minimum Gasteiger partial charge on any atom is -0.497 e. The number of nitrogens with one attached hydrogen (secondary N) is 2. The van der Waals surface area contributed by atoms with E-state index in [0.717, 1.165) is 22.1 Å². The van der Waals surface area contributed by atoms with Crippen LogP contribution in [0.4, 0.5) is 4.79 Å². The van der Waals surface area contributed by atoms with E-state index in [2.05, 4.69) is 10.6 Å². The highest BCUT2D eigenvalue weighted by Gasteiger charge is 2.17. The van der Waals surface area contributed by atoms with Crippen molar-refractivity contribution < 1.29 is 19.1 Å². The molecule has 0 aliphatic rings. The van der Waals surface area contributed by atoms with Gasteiger partial charge in [0.05, 0.1) is 7.11 Å². The number of rotatable bonds is 6. The molecule has 0 aromatic heterocycles. The van der Waals surface area contributed by atoms with E-state index in [-0.39, 0.29) is 0 Å². The maximum atomic E-state index is 12.2. The molecule has 1 atom stereocenters. The van der Waals surface area contributed by atoms with Crippen molar-refractivity contribution in [2.45, 2.75) is 19.6 Å². The van der Waals surface area contributed by atoms with Crippen LogP contribution >= 0.6 is 0 Å². The molecule has 28 heavy (non-hydrogen) atoms. The zero-order valence-electron chi connectivity index (χ0n) is 15.8. The molecule has 0 heterocycles. The number of urea groups is 1. The molecule has 0 aliphatic heterocycles. The van der Waals surface area contributed by atoms with Gasteiger partial charge >= 0.3 is 6.03 Å². The summed E-state index contributed by atoms with van der Waals surface area (Å²) >= 11 is 0. The number of carbonyl (C=O) groups excluding carboxylic acids is 2. The summed E-state index contributed by atoms with van der Waals surface area (Å²) in [5.74, 6) is 0.759. The highest BCUT2D eigenvalue weighted by atomic mass is 16.5. The van der Waals surface area contributed by atoms with Crippen LogP contribution in [0.15, 0.2) is 66.7 Å². The average molecular weight is 378 g/mol. The lowest BCUT2D eigenvalue weighted by Gasteiger charge is -2.15.